The van der Waals surface area contributed by atoms with E-state index in [9.17, 15) is 4.39 Å². The van der Waals surface area contributed by atoms with Gasteiger partial charge in [0.05, 0.1) is 4.47 Å². The van der Waals surface area contributed by atoms with Gasteiger partial charge in [0.25, 0.3) is 0 Å². The van der Waals surface area contributed by atoms with E-state index < -0.39 is 0 Å². The molecule has 1 heterocycles. The number of aromatic nitrogens is 3. The normalized spacial score (nSPS) is 10.4. The molecule has 0 aliphatic heterocycles. The van der Waals surface area contributed by atoms with Gasteiger partial charge in [-0.05, 0) is 45.7 Å². The summed E-state index contributed by atoms with van der Waals surface area (Å²) in [5.41, 5.74) is 0. The molecular formula is C11H9BrClFN4O. The maximum Gasteiger partial charge on any atom is 0.328 e. The highest BCUT2D eigenvalue weighted by Crippen LogP contribution is 2.25. The Kier molecular flexibility index (Phi) is 4.16. The van der Waals surface area contributed by atoms with E-state index in [1.54, 1.807) is 19.0 Å². The van der Waals surface area contributed by atoms with Gasteiger partial charge < -0.3 is 9.64 Å². The molecule has 0 radical (unpaired) electrons. The molecule has 1 aromatic heterocycles. The predicted octanol–water partition coefficient (Wildman–Crippen LogP) is 3.28. The smallest absolute Gasteiger partial charge is 0.328 e. The highest BCUT2D eigenvalue weighted by molar-refractivity contribution is 9.10. The number of rotatable bonds is 3. The second-order valence-corrected chi connectivity index (χ2v) is 4.95. The molecule has 2 rings (SSSR count). The molecule has 0 atom stereocenters. The van der Waals surface area contributed by atoms with Crippen LogP contribution in [0.3, 0.4) is 0 Å². The number of ether oxygens (including phenoxy) is 1. The van der Waals surface area contributed by atoms with Crippen LogP contribution in [-0.4, -0.2) is 29.0 Å². The van der Waals surface area contributed by atoms with Crippen molar-refractivity contribution in [1.82, 2.24) is 15.0 Å². The Morgan fingerprint density at radius 1 is 1.26 bits per heavy atom. The largest absolute Gasteiger partial charge is 0.424 e. The fraction of sp³-hybridized carbons (Fsp3) is 0.182. The number of nitrogens with zero attached hydrogens (tertiary/aromatic N) is 4. The minimum Gasteiger partial charge on any atom is -0.424 e. The van der Waals surface area contributed by atoms with Gasteiger partial charge in [0.2, 0.25) is 11.2 Å². The van der Waals surface area contributed by atoms with E-state index in [1.165, 1.54) is 18.2 Å². The summed E-state index contributed by atoms with van der Waals surface area (Å²) in [5, 5.41) is 0.0230. The molecule has 5 nitrogen and oxygen atoms in total. The second-order valence-electron chi connectivity index (χ2n) is 3.76. The Bertz CT molecular complexity index is 611. The van der Waals surface area contributed by atoms with Crippen molar-refractivity contribution in [3.05, 3.63) is 33.8 Å². The van der Waals surface area contributed by atoms with Crippen LogP contribution < -0.4 is 9.64 Å². The number of hydrogen-bond donors (Lipinski definition) is 0. The van der Waals surface area contributed by atoms with Gasteiger partial charge in [0.15, 0.2) is 0 Å². The summed E-state index contributed by atoms with van der Waals surface area (Å²) in [6.45, 7) is 0. The van der Waals surface area contributed by atoms with E-state index in [1.807, 2.05) is 0 Å². The Balaban J connectivity index is 2.29. The molecule has 0 bridgehead atoms. The monoisotopic (exact) mass is 346 g/mol. The lowest BCUT2D eigenvalue weighted by molar-refractivity contribution is 0.438. The molecule has 2 aromatic rings. The van der Waals surface area contributed by atoms with E-state index in [4.69, 9.17) is 16.3 Å². The first kappa shape index (κ1) is 14.0. The van der Waals surface area contributed by atoms with Gasteiger partial charge in [-0.25, -0.2) is 4.39 Å². The molecule has 0 saturated carbocycles. The summed E-state index contributed by atoms with van der Waals surface area (Å²) < 4.78 is 18.8. The third-order valence-corrected chi connectivity index (χ3v) is 2.85. The van der Waals surface area contributed by atoms with Crippen LogP contribution >= 0.6 is 27.5 Å². The van der Waals surface area contributed by atoms with Crippen molar-refractivity contribution in [2.24, 2.45) is 0 Å². The molecule has 0 aliphatic rings. The molecule has 0 spiro atoms. The van der Waals surface area contributed by atoms with E-state index in [0.717, 1.165) is 0 Å². The fourth-order valence-electron chi connectivity index (χ4n) is 1.21. The van der Waals surface area contributed by atoms with Gasteiger partial charge in [-0.1, -0.05) is 0 Å². The van der Waals surface area contributed by atoms with Crippen LogP contribution in [0.4, 0.5) is 10.3 Å². The molecule has 0 aliphatic carbocycles. The molecular weight excluding hydrogens is 339 g/mol. The number of hydrogen-bond acceptors (Lipinski definition) is 5. The van der Waals surface area contributed by atoms with Gasteiger partial charge in [-0.2, -0.15) is 15.0 Å². The fourth-order valence-corrected chi connectivity index (χ4v) is 1.72. The van der Waals surface area contributed by atoms with Crippen molar-refractivity contribution in [2.75, 3.05) is 19.0 Å². The highest BCUT2D eigenvalue weighted by atomic mass is 79.9. The standard InChI is InChI=1S/C11H9BrClFN4O/c1-18(2)10-15-9(13)16-11(17-10)19-6-3-4-8(14)7(12)5-6/h3-5H,1-2H3. The molecule has 0 saturated heterocycles. The second kappa shape index (κ2) is 5.66. The molecule has 0 amide bonds. The van der Waals surface area contributed by atoms with Crippen LogP contribution in [0, 0.1) is 5.82 Å². The van der Waals surface area contributed by atoms with Crippen LogP contribution in [-0.2, 0) is 0 Å². The van der Waals surface area contributed by atoms with Crippen LogP contribution in [0.1, 0.15) is 0 Å². The third kappa shape index (κ3) is 3.51. The maximum absolute atomic E-state index is 13.1. The van der Waals surface area contributed by atoms with Gasteiger partial charge in [0, 0.05) is 14.1 Å². The Labute approximate surface area is 122 Å². The van der Waals surface area contributed by atoms with Crippen molar-refractivity contribution in [3.8, 4) is 11.8 Å². The summed E-state index contributed by atoms with van der Waals surface area (Å²) in [7, 11) is 3.54. The van der Waals surface area contributed by atoms with Crippen LogP contribution in [0.5, 0.6) is 11.8 Å². The van der Waals surface area contributed by atoms with Crippen LogP contribution in [0.2, 0.25) is 5.28 Å². The predicted molar refractivity (Wildman–Crippen MR) is 73.3 cm³/mol. The first-order valence-corrected chi connectivity index (χ1v) is 6.34. The van der Waals surface area contributed by atoms with Crippen molar-refractivity contribution in [1.29, 1.82) is 0 Å². The Morgan fingerprint density at radius 3 is 2.63 bits per heavy atom. The molecule has 0 fully saturated rings. The summed E-state index contributed by atoms with van der Waals surface area (Å²) in [6.07, 6.45) is 0. The molecule has 100 valence electrons. The average Bonchev–Trinajstić information content (AvgIpc) is 2.33. The lowest BCUT2D eigenvalue weighted by Crippen LogP contribution is -2.13. The number of benzene rings is 1. The minimum atomic E-state index is -0.380. The Morgan fingerprint density at radius 2 is 2.00 bits per heavy atom. The van der Waals surface area contributed by atoms with Crippen molar-refractivity contribution in [3.63, 3.8) is 0 Å². The summed E-state index contributed by atoms with van der Waals surface area (Å²) in [4.78, 5) is 13.5. The molecule has 19 heavy (non-hydrogen) atoms. The zero-order valence-corrected chi connectivity index (χ0v) is 12.4. The van der Waals surface area contributed by atoms with Crippen molar-refractivity contribution < 1.29 is 9.13 Å². The molecule has 1 aromatic carbocycles. The highest BCUT2D eigenvalue weighted by Gasteiger charge is 2.09. The van der Waals surface area contributed by atoms with Crippen LogP contribution in [0.25, 0.3) is 0 Å². The maximum atomic E-state index is 13.1. The van der Waals surface area contributed by atoms with Crippen molar-refractivity contribution in [2.45, 2.75) is 0 Å². The molecule has 0 unspecified atom stereocenters. The number of anilines is 1. The first-order chi connectivity index (χ1) is 8.95. The zero-order chi connectivity index (χ0) is 14.0. The minimum absolute atomic E-state index is 0.0230. The quantitative estimate of drug-likeness (QED) is 0.853. The van der Waals surface area contributed by atoms with E-state index in [2.05, 4.69) is 30.9 Å². The third-order valence-electron chi connectivity index (χ3n) is 2.08. The lowest BCUT2D eigenvalue weighted by Gasteiger charge is -2.11. The van der Waals surface area contributed by atoms with E-state index in [-0.39, 0.29) is 21.6 Å². The van der Waals surface area contributed by atoms with Gasteiger partial charge in [-0.15, -0.1) is 0 Å². The first-order valence-electron chi connectivity index (χ1n) is 5.17. The zero-order valence-electron chi connectivity index (χ0n) is 10.1. The summed E-state index contributed by atoms with van der Waals surface area (Å²) in [6, 6.07) is 4.26. The summed E-state index contributed by atoms with van der Waals surface area (Å²) in [5.74, 6) is 0.381. The Hall–Kier alpha value is -1.47. The topological polar surface area (TPSA) is 51.1 Å². The van der Waals surface area contributed by atoms with Crippen molar-refractivity contribution >= 4 is 33.5 Å². The van der Waals surface area contributed by atoms with Gasteiger partial charge in [0.1, 0.15) is 11.6 Å². The summed E-state index contributed by atoms with van der Waals surface area (Å²) >= 11 is 8.85. The van der Waals surface area contributed by atoms with Gasteiger partial charge >= 0.3 is 6.01 Å². The van der Waals surface area contributed by atoms with Crippen LogP contribution in [0.15, 0.2) is 22.7 Å². The van der Waals surface area contributed by atoms with E-state index >= 15 is 0 Å². The van der Waals surface area contributed by atoms with E-state index in [0.29, 0.717) is 11.7 Å². The number of halogens is 3. The lowest BCUT2D eigenvalue weighted by atomic mass is 10.3. The van der Waals surface area contributed by atoms with Gasteiger partial charge in [-0.3, -0.25) is 0 Å². The molecule has 8 heteroatoms. The average molecular weight is 348 g/mol. The SMILES string of the molecule is CN(C)c1nc(Cl)nc(Oc2ccc(F)c(Br)c2)n1. The molecule has 0 N–H and O–H groups in total.